The number of piperidine rings is 1. The van der Waals surface area contributed by atoms with Gasteiger partial charge in [-0.05, 0) is 44.7 Å². The van der Waals surface area contributed by atoms with Gasteiger partial charge in [-0.3, -0.25) is 4.79 Å². The van der Waals surface area contributed by atoms with Crippen molar-refractivity contribution >= 4 is 17.4 Å². The van der Waals surface area contributed by atoms with Crippen LogP contribution in [0.2, 0.25) is 0 Å². The van der Waals surface area contributed by atoms with Crippen molar-refractivity contribution in [2.24, 2.45) is 11.7 Å². The maximum absolute atomic E-state index is 12.4. The van der Waals surface area contributed by atoms with Gasteiger partial charge >= 0.3 is 0 Å². The second-order valence-corrected chi connectivity index (χ2v) is 8.95. The van der Waals surface area contributed by atoms with Crippen LogP contribution in [0, 0.1) is 5.92 Å². The summed E-state index contributed by atoms with van der Waals surface area (Å²) in [6.07, 6.45) is 5.82. The molecular weight excluding hydrogens is 396 g/mol. The monoisotopic (exact) mass is 422 g/mol. The number of hydrogen-bond donors (Lipinski definition) is 2. The molecule has 31 heavy (non-hydrogen) atoms. The average Bonchev–Trinajstić information content (AvgIpc) is 3.28. The summed E-state index contributed by atoms with van der Waals surface area (Å²) in [5, 5.41) is 14.2. The van der Waals surface area contributed by atoms with Crippen molar-refractivity contribution in [3.8, 4) is 17.1 Å². The first-order valence-corrected chi connectivity index (χ1v) is 10.6. The maximum Gasteiger partial charge on any atom is 0.254 e. The SMILES string of the molecule is CC1(C)Cc2cc(-c3nn4cccnc4c3C(N)=O)c(N3CCC(CO)CC3)nc2O1. The third-order valence-electron chi connectivity index (χ3n) is 6.10. The van der Waals surface area contributed by atoms with E-state index < -0.39 is 5.91 Å². The van der Waals surface area contributed by atoms with Gasteiger partial charge < -0.3 is 20.5 Å². The van der Waals surface area contributed by atoms with Crippen LogP contribution in [-0.4, -0.2) is 55.9 Å². The zero-order valence-electron chi connectivity index (χ0n) is 17.7. The average molecular weight is 422 g/mol. The van der Waals surface area contributed by atoms with Crippen molar-refractivity contribution in [1.29, 1.82) is 0 Å². The van der Waals surface area contributed by atoms with Gasteiger partial charge in [0.2, 0.25) is 5.88 Å². The van der Waals surface area contributed by atoms with Crippen molar-refractivity contribution in [2.45, 2.75) is 38.7 Å². The smallest absolute Gasteiger partial charge is 0.254 e. The highest BCUT2D eigenvalue weighted by atomic mass is 16.5. The quantitative estimate of drug-likeness (QED) is 0.658. The molecule has 0 spiro atoms. The van der Waals surface area contributed by atoms with Crippen molar-refractivity contribution in [3.05, 3.63) is 35.7 Å². The van der Waals surface area contributed by atoms with Gasteiger partial charge in [0.25, 0.3) is 5.91 Å². The van der Waals surface area contributed by atoms with Crippen LogP contribution in [0.1, 0.15) is 42.6 Å². The molecule has 9 heteroatoms. The molecule has 0 radical (unpaired) electrons. The highest BCUT2D eigenvalue weighted by Gasteiger charge is 2.35. The van der Waals surface area contributed by atoms with E-state index in [2.05, 4.69) is 15.0 Å². The number of hydrogen-bond acceptors (Lipinski definition) is 7. The minimum Gasteiger partial charge on any atom is -0.471 e. The molecule has 0 saturated carbocycles. The van der Waals surface area contributed by atoms with Crippen molar-refractivity contribution in [3.63, 3.8) is 0 Å². The van der Waals surface area contributed by atoms with E-state index in [0.29, 0.717) is 29.6 Å². The molecular formula is C22H26N6O3. The molecule has 9 nitrogen and oxygen atoms in total. The number of rotatable bonds is 4. The van der Waals surface area contributed by atoms with E-state index in [0.717, 1.165) is 42.9 Å². The highest BCUT2D eigenvalue weighted by Crippen LogP contribution is 2.41. The second kappa shape index (κ2) is 7.19. The Morgan fingerprint density at radius 1 is 1.35 bits per heavy atom. The Hall–Kier alpha value is -3.20. The van der Waals surface area contributed by atoms with E-state index in [-0.39, 0.29) is 17.8 Å². The molecule has 2 aliphatic rings. The topological polar surface area (TPSA) is 119 Å². The van der Waals surface area contributed by atoms with Crippen molar-refractivity contribution < 1.29 is 14.6 Å². The Bertz CT molecular complexity index is 1160. The molecule has 3 aromatic rings. The number of carbonyl (C=O) groups excluding carboxylic acids is 1. The molecule has 1 amide bonds. The van der Waals surface area contributed by atoms with Gasteiger partial charge in [0, 0.05) is 49.6 Å². The first-order chi connectivity index (χ1) is 14.9. The van der Waals surface area contributed by atoms with Gasteiger partial charge in [-0.15, -0.1) is 0 Å². The fourth-order valence-corrected chi connectivity index (χ4v) is 4.55. The number of nitrogens with two attached hydrogens (primary N) is 1. The van der Waals surface area contributed by atoms with Crippen LogP contribution in [0.15, 0.2) is 24.5 Å². The predicted octanol–water partition coefficient (Wildman–Crippen LogP) is 1.81. The Morgan fingerprint density at radius 3 is 2.84 bits per heavy atom. The molecule has 0 aliphatic carbocycles. The van der Waals surface area contributed by atoms with Crippen molar-refractivity contribution in [1.82, 2.24) is 19.6 Å². The summed E-state index contributed by atoms with van der Waals surface area (Å²) in [6.45, 7) is 5.77. The molecule has 0 aromatic carbocycles. The van der Waals surface area contributed by atoms with E-state index in [4.69, 9.17) is 15.5 Å². The Morgan fingerprint density at radius 2 is 2.13 bits per heavy atom. The fourth-order valence-electron chi connectivity index (χ4n) is 4.55. The summed E-state index contributed by atoms with van der Waals surface area (Å²) in [6, 6.07) is 3.78. The zero-order chi connectivity index (χ0) is 21.8. The molecule has 0 unspecified atom stereocenters. The minimum absolute atomic E-state index is 0.194. The third-order valence-corrected chi connectivity index (χ3v) is 6.10. The number of carbonyl (C=O) groups is 1. The van der Waals surface area contributed by atoms with Crippen LogP contribution in [-0.2, 0) is 6.42 Å². The lowest BCUT2D eigenvalue weighted by atomic mass is 9.96. The van der Waals surface area contributed by atoms with Gasteiger partial charge in [-0.2, -0.15) is 10.1 Å². The molecule has 1 saturated heterocycles. The van der Waals surface area contributed by atoms with Crippen LogP contribution in [0.3, 0.4) is 0 Å². The fraction of sp³-hybridized carbons (Fsp3) is 0.455. The zero-order valence-corrected chi connectivity index (χ0v) is 17.7. The van der Waals surface area contributed by atoms with Crippen LogP contribution in [0.4, 0.5) is 5.82 Å². The number of pyridine rings is 1. The molecule has 0 atom stereocenters. The van der Waals surface area contributed by atoms with Crippen molar-refractivity contribution in [2.75, 3.05) is 24.6 Å². The molecule has 5 heterocycles. The van der Waals surface area contributed by atoms with Gasteiger partial charge in [0.05, 0.1) is 0 Å². The number of nitrogens with zero attached hydrogens (tertiary/aromatic N) is 5. The summed E-state index contributed by atoms with van der Waals surface area (Å²) in [5.41, 5.74) is 8.34. The molecule has 162 valence electrons. The number of fused-ring (bicyclic) bond motifs is 2. The minimum atomic E-state index is -0.578. The summed E-state index contributed by atoms with van der Waals surface area (Å²) in [4.78, 5) is 23.8. The van der Waals surface area contributed by atoms with E-state index in [1.54, 1.807) is 23.0 Å². The molecule has 3 N–H and O–H groups in total. The van der Waals surface area contributed by atoms with Gasteiger partial charge in [-0.25, -0.2) is 9.50 Å². The maximum atomic E-state index is 12.4. The number of anilines is 1. The second-order valence-electron chi connectivity index (χ2n) is 8.95. The van der Waals surface area contributed by atoms with Crippen LogP contribution in [0.5, 0.6) is 5.88 Å². The molecule has 1 fully saturated rings. The molecule has 0 bridgehead atoms. The van der Waals surface area contributed by atoms with Crippen LogP contribution >= 0.6 is 0 Å². The highest BCUT2D eigenvalue weighted by molar-refractivity contribution is 6.05. The summed E-state index contributed by atoms with van der Waals surface area (Å²) in [5.74, 6) is 1.06. The van der Waals surface area contributed by atoms with Crippen LogP contribution in [0.25, 0.3) is 16.9 Å². The van der Waals surface area contributed by atoms with E-state index in [1.807, 2.05) is 19.9 Å². The summed E-state index contributed by atoms with van der Waals surface area (Å²) in [7, 11) is 0. The summed E-state index contributed by atoms with van der Waals surface area (Å²) < 4.78 is 7.66. The first kappa shape index (κ1) is 19.7. The Kier molecular flexibility index (Phi) is 4.58. The lowest BCUT2D eigenvalue weighted by Gasteiger charge is -2.33. The molecule has 3 aromatic heterocycles. The summed E-state index contributed by atoms with van der Waals surface area (Å²) >= 11 is 0. The molecule has 5 rings (SSSR count). The molecule has 2 aliphatic heterocycles. The van der Waals surface area contributed by atoms with Gasteiger partial charge in [-0.1, -0.05) is 0 Å². The Labute approximate surface area is 179 Å². The van der Waals surface area contributed by atoms with Gasteiger partial charge in [0.1, 0.15) is 22.7 Å². The number of aliphatic hydroxyl groups is 1. The first-order valence-electron chi connectivity index (χ1n) is 10.6. The number of aromatic nitrogens is 4. The van der Waals surface area contributed by atoms with E-state index in [9.17, 15) is 9.90 Å². The lowest BCUT2D eigenvalue weighted by molar-refractivity contribution is 0.100. The number of primary amides is 1. The normalized spacial score (nSPS) is 18.2. The lowest BCUT2D eigenvalue weighted by Crippen LogP contribution is -2.35. The largest absolute Gasteiger partial charge is 0.471 e. The number of amides is 1. The standard InChI is InChI=1S/C22H26N6O3/c1-22(2)11-14-10-15(17-16(18(23)30)20-24-6-3-7-28(20)26-17)19(25-21(14)31-22)27-8-4-13(12-29)5-9-27/h3,6-7,10,13,29H,4-5,8-9,11-12H2,1-2H3,(H2,23,30). The predicted molar refractivity (Wildman–Crippen MR) is 115 cm³/mol. The van der Waals surface area contributed by atoms with Crippen LogP contribution < -0.4 is 15.4 Å². The number of ether oxygens (including phenoxy) is 1. The van der Waals surface area contributed by atoms with E-state index >= 15 is 0 Å². The van der Waals surface area contributed by atoms with Gasteiger partial charge in [0.15, 0.2) is 5.65 Å². The Balaban J connectivity index is 1.69. The number of aliphatic hydroxyl groups excluding tert-OH is 1. The third kappa shape index (κ3) is 3.38. The van der Waals surface area contributed by atoms with E-state index in [1.165, 1.54) is 0 Å².